The second-order valence-electron chi connectivity index (χ2n) is 5.30. The van der Waals surface area contributed by atoms with Gasteiger partial charge in [-0.3, -0.25) is 0 Å². The summed E-state index contributed by atoms with van der Waals surface area (Å²) in [4.78, 5) is 0. The van der Waals surface area contributed by atoms with E-state index in [9.17, 15) is 0 Å². The van der Waals surface area contributed by atoms with Crippen molar-refractivity contribution >= 4 is 15.9 Å². The second kappa shape index (κ2) is 7.10. The van der Waals surface area contributed by atoms with Crippen LogP contribution >= 0.6 is 15.9 Å². The minimum atomic E-state index is 0.237. The van der Waals surface area contributed by atoms with E-state index in [0.29, 0.717) is 0 Å². The summed E-state index contributed by atoms with van der Waals surface area (Å²) in [5.74, 6) is 0.992. The number of hydrogen-bond donors (Lipinski definition) is 1. The van der Waals surface area contributed by atoms with Crippen LogP contribution in [0.5, 0.6) is 5.75 Å². The molecule has 2 rings (SSSR count). The topological polar surface area (TPSA) is 21.3 Å². The molecule has 2 nitrogen and oxygen atoms in total. The zero-order valence-corrected chi connectivity index (χ0v) is 14.6. The number of benzene rings is 2. The summed E-state index contributed by atoms with van der Waals surface area (Å²) in [5.41, 5.74) is 4.99. The molecule has 2 aromatic carbocycles. The Labute approximate surface area is 135 Å². The molecule has 0 radical (unpaired) electrons. The van der Waals surface area contributed by atoms with Crippen molar-refractivity contribution in [2.24, 2.45) is 0 Å². The molecule has 21 heavy (non-hydrogen) atoms. The van der Waals surface area contributed by atoms with Crippen LogP contribution in [0.3, 0.4) is 0 Å². The molecule has 1 N–H and O–H groups in total. The molecule has 0 fully saturated rings. The maximum Gasteiger partial charge on any atom is 0.126 e. The third kappa shape index (κ3) is 3.66. The molecule has 0 spiro atoms. The monoisotopic (exact) mass is 347 g/mol. The average Bonchev–Trinajstić information content (AvgIpc) is 2.49. The SMILES string of the molecule is CNC(Cc1ccc(Br)cc1)c1ccc(C)c(C)c1OC. The van der Waals surface area contributed by atoms with E-state index in [1.54, 1.807) is 7.11 Å². The Morgan fingerprint density at radius 3 is 2.33 bits per heavy atom. The fraction of sp³-hybridized carbons (Fsp3) is 0.333. The van der Waals surface area contributed by atoms with Gasteiger partial charge >= 0.3 is 0 Å². The summed E-state index contributed by atoms with van der Waals surface area (Å²) >= 11 is 3.48. The zero-order valence-electron chi connectivity index (χ0n) is 13.0. The molecular weight excluding hydrogens is 326 g/mol. The van der Waals surface area contributed by atoms with Gasteiger partial charge < -0.3 is 10.1 Å². The van der Waals surface area contributed by atoms with Gasteiger partial charge in [-0.2, -0.15) is 0 Å². The molecule has 1 atom stereocenters. The van der Waals surface area contributed by atoms with Crippen molar-refractivity contribution < 1.29 is 4.74 Å². The van der Waals surface area contributed by atoms with E-state index in [0.717, 1.165) is 16.6 Å². The molecule has 0 saturated heterocycles. The first-order valence-corrected chi connectivity index (χ1v) is 7.92. The highest BCUT2D eigenvalue weighted by molar-refractivity contribution is 9.10. The van der Waals surface area contributed by atoms with Gasteiger partial charge in [0.2, 0.25) is 0 Å². The lowest BCUT2D eigenvalue weighted by atomic mass is 9.94. The molecule has 0 aromatic heterocycles. The van der Waals surface area contributed by atoms with Crippen molar-refractivity contribution in [3.63, 3.8) is 0 Å². The van der Waals surface area contributed by atoms with E-state index in [1.165, 1.54) is 22.3 Å². The standard InChI is InChI=1S/C18H22BrNO/c1-12-5-10-16(18(21-4)13(12)2)17(20-3)11-14-6-8-15(19)9-7-14/h5-10,17,20H,11H2,1-4H3. The third-order valence-corrected chi connectivity index (χ3v) is 4.52. The van der Waals surface area contributed by atoms with E-state index in [2.05, 4.69) is 71.5 Å². The first-order chi connectivity index (χ1) is 10.1. The lowest BCUT2D eigenvalue weighted by Crippen LogP contribution is -2.20. The molecule has 0 amide bonds. The Morgan fingerprint density at radius 2 is 1.76 bits per heavy atom. The summed E-state index contributed by atoms with van der Waals surface area (Å²) in [6.45, 7) is 4.23. The van der Waals surface area contributed by atoms with Crippen molar-refractivity contribution in [2.75, 3.05) is 14.2 Å². The van der Waals surface area contributed by atoms with Crippen molar-refractivity contribution in [3.8, 4) is 5.75 Å². The smallest absolute Gasteiger partial charge is 0.126 e. The fourth-order valence-electron chi connectivity index (χ4n) is 2.58. The first kappa shape index (κ1) is 16.1. The summed E-state index contributed by atoms with van der Waals surface area (Å²) in [7, 11) is 3.75. The first-order valence-electron chi connectivity index (χ1n) is 7.12. The molecule has 0 bridgehead atoms. The molecule has 0 heterocycles. The highest BCUT2D eigenvalue weighted by atomic mass is 79.9. The number of aryl methyl sites for hydroxylation is 1. The largest absolute Gasteiger partial charge is 0.496 e. The van der Waals surface area contributed by atoms with Crippen molar-refractivity contribution in [1.82, 2.24) is 5.32 Å². The number of rotatable bonds is 5. The van der Waals surface area contributed by atoms with Gasteiger partial charge in [0.15, 0.2) is 0 Å². The predicted molar refractivity (Wildman–Crippen MR) is 92.1 cm³/mol. The molecule has 2 aromatic rings. The molecule has 0 saturated carbocycles. The van der Waals surface area contributed by atoms with Gasteiger partial charge in [-0.05, 0) is 56.1 Å². The molecule has 0 aliphatic heterocycles. The van der Waals surface area contributed by atoms with E-state index in [1.807, 2.05) is 7.05 Å². The Hall–Kier alpha value is -1.32. The summed E-state index contributed by atoms with van der Waals surface area (Å²) < 4.78 is 6.76. The van der Waals surface area contributed by atoms with Gasteiger partial charge in [-0.25, -0.2) is 0 Å². The highest BCUT2D eigenvalue weighted by Crippen LogP contribution is 2.32. The van der Waals surface area contributed by atoms with Crippen LogP contribution in [0.4, 0.5) is 0 Å². The predicted octanol–water partition coefficient (Wildman–Crippen LogP) is 4.58. The minimum Gasteiger partial charge on any atom is -0.496 e. The van der Waals surface area contributed by atoms with Crippen LogP contribution in [0.25, 0.3) is 0 Å². The number of ether oxygens (including phenoxy) is 1. The van der Waals surface area contributed by atoms with E-state index in [4.69, 9.17) is 4.74 Å². The minimum absolute atomic E-state index is 0.237. The summed E-state index contributed by atoms with van der Waals surface area (Å²) in [6.07, 6.45) is 0.933. The lowest BCUT2D eigenvalue weighted by Gasteiger charge is -2.22. The molecule has 1 unspecified atom stereocenters. The lowest BCUT2D eigenvalue weighted by molar-refractivity contribution is 0.397. The van der Waals surface area contributed by atoms with Crippen LogP contribution < -0.4 is 10.1 Å². The zero-order chi connectivity index (χ0) is 15.4. The maximum atomic E-state index is 5.65. The van der Waals surface area contributed by atoms with Crippen LogP contribution in [-0.4, -0.2) is 14.2 Å². The fourth-order valence-corrected chi connectivity index (χ4v) is 2.84. The van der Waals surface area contributed by atoms with Crippen molar-refractivity contribution in [3.05, 3.63) is 63.1 Å². The molecule has 0 aliphatic rings. The van der Waals surface area contributed by atoms with Crippen LogP contribution in [0, 0.1) is 13.8 Å². The van der Waals surface area contributed by atoms with Gasteiger partial charge in [-0.15, -0.1) is 0 Å². The van der Waals surface area contributed by atoms with Gasteiger partial charge in [0.1, 0.15) is 5.75 Å². The van der Waals surface area contributed by atoms with Crippen molar-refractivity contribution in [2.45, 2.75) is 26.3 Å². The number of nitrogens with one attached hydrogen (secondary N) is 1. The van der Waals surface area contributed by atoms with Gasteiger partial charge in [0.25, 0.3) is 0 Å². The Morgan fingerprint density at radius 1 is 1.10 bits per heavy atom. The van der Waals surface area contributed by atoms with E-state index < -0.39 is 0 Å². The Bertz CT molecular complexity index is 607. The maximum absolute atomic E-state index is 5.65. The van der Waals surface area contributed by atoms with Crippen LogP contribution in [0.15, 0.2) is 40.9 Å². The van der Waals surface area contributed by atoms with Gasteiger partial charge in [0.05, 0.1) is 7.11 Å². The average molecular weight is 348 g/mol. The van der Waals surface area contributed by atoms with E-state index >= 15 is 0 Å². The Kier molecular flexibility index (Phi) is 5.43. The molecule has 112 valence electrons. The van der Waals surface area contributed by atoms with Crippen LogP contribution in [0.2, 0.25) is 0 Å². The summed E-state index contributed by atoms with van der Waals surface area (Å²) in [5, 5.41) is 3.41. The number of hydrogen-bond acceptors (Lipinski definition) is 2. The van der Waals surface area contributed by atoms with Crippen LogP contribution in [0.1, 0.15) is 28.3 Å². The number of methoxy groups -OCH3 is 1. The normalized spacial score (nSPS) is 12.2. The third-order valence-electron chi connectivity index (χ3n) is 3.99. The molecule has 0 aliphatic carbocycles. The van der Waals surface area contributed by atoms with E-state index in [-0.39, 0.29) is 6.04 Å². The van der Waals surface area contributed by atoms with Gasteiger partial charge in [0, 0.05) is 16.1 Å². The second-order valence-corrected chi connectivity index (χ2v) is 6.22. The van der Waals surface area contributed by atoms with Gasteiger partial charge in [-0.1, -0.05) is 40.2 Å². The highest BCUT2D eigenvalue weighted by Gasteiger charge is 2.17. The Balaban J connectivity index is 2.33. The quantitative estimate of drug-likeness (QED) is 0.854. The van der Waals surface area contributed by atoms with Crippen LogP contribution in [-0.2, 0) is 6.42 Å². The molecule has 3 heteroatoms. The van der Waals surface area contributed by atoms with Crippen molar-refractivity contribution in [1.29, 1.82) is 0 Å². The number of halogens is 1. The molecular formula is C18H22BrNO. The number of likely N-dealkylation sites (N-methyl/N-ethyl adjacent to an activating group) is 1. The summed E-state index contributed by atoms with van der Waals surface area (Å²) in [6, 6.07) is 13.0.